The summed E-state index contributed by atoms with van der Waals surface area (Å²) in [5, 5.41) is 2.78. The van der Waals surface area contributed by atoms with Crippen molar-refractivity contribution in [1.82, 2.24) is 0 Å². The Hall–Kier alpha value is -3.15. The van der Waals surface area contributed by atoms with Gasteiger partial charge >= 0.3 is 5.97 Å². The number of nitrogens with one attached hydrogen (secondary N) is 1. The van der Waals surface area contributed by atoms with Gasteiger partial charge in [0.15, 0.2) is 12.4 Å². The Balaban J connectivity index is 1.86. The van der Waals surface area contributed by atoms with Crippen molar-refractivity contribution in [3.05, 3.63) is 59.7 Å². The second-order valence-electron chi connectivity index (χ2n) is 5.68. The number of hydrogen-bond donors (Lipinski definition) is 1. The van der Waals surface area contributed by atoms with Crippen LogP contribution in [0.3, 0.4) is 0 Å². The molecule has 0 radical (unpaired) electrons. The van der Waals surface area contributed by atoms with Gasteiger partial charge < -0.3 is 14.8 Å². The van der Waals surface area contributed by atoms with Gasteiger partial charge in [-0.15, -0.1) is 0 Å². The number of anilines is 1. The fraction of sp³-hybridized carbons (Fsp3) is 0.250. The van der Waals surface area contributed by atoms with E-state index >= 15 is 0 Å². The van der Waals surface area contributed by atoms with Crippen molar-refractivity contribution < 1.29 is 23.9 Å². The number of rotatable bonds is 8. The molecule has 26 heavy (non-hydrogen) atoms. The highest BCUT2D eigenvalue weighted by atomic mass is 16.6. The molecule has 0 fully saturated rings. The van der Waals surface area contributed by atoms with Crippen LogP contribution in [0.2, 0.25) is 0 Å². The Bertz CT molecular complexity index is 786. The first-order chi connectivity index (χ1) is 12.5. The first-order valence-corrected chi connectivity index (χ1v) is 8.18. The van der Waals surface area contributed by atoms with E-state index < -0.39 is 5.97 Å². The molecule has 1 N–H and O–H groups in total. The molecule has 0 saturated heterocycles. The van der Waals surface area contributed by atoms with Crippen molar-refractivity contribution in [2.45, 2.75) is 19.8 Å². The molecule has 0 aliphatic heterocycles. The fourth-order valence-corrected chi connectivity index (χ4v) is 2.28. The first kappa shape index (κ1) is 19.2. The van der Waals surface area contributed by atoms with Crippen LogP contribution in [-0.2, 0) is 14.3 Å². The summed E-state index contributed by atoms with van der Waals surface area (Å²) in [5.41, 5.74) is 2.02. The lowest BCUT2D eigenvalue weighted by molar-refractivity contribution is -0.142. The standard InChI is InChI=1S/C20H21NO5/c1-14-12-16(26-13-20(24)25-2)8-9-17(14)21-19(23)11-10-18(22)15-6-4-3-5-7-15/h3-9,12H,10-11,13H2,1-2H3,(H,21,23). The minimum absolute atomic E-state index is 0.0657. The Morgan fingerprint density at radius 3 is 2.38 bits per heavy atom. The normalized spacial score (nSPS) is 10.1. The SMILES string of the molecule is COC(=O)COc1ccc(NC(=O)CCC(=O)c2ccccc2)c(C)c1. The third kappa shape index (κ3) is 5.73. The monoisotopic (exact) mass is 355 g/mol. The molecule has 0 saturated carbocycles. The van der Waals surface area contributed by atoms with Crippen LogP contribution in [0, 0.1) is 6.92 Å². The van der Waals surface area contributed by atoms with Gasteiger partial charge in [-0.25, -0.2) is 4.79 Å². The molecule has 1 amide bonds. The van der Waals surface area contributed by atoms with E-state index in [1.54, 1.807) is 42.5 Å². The summed E-state index contributed by atoms with van der Waals surface area (Å²) in [6.07, 6.45) is 0.253. The van der Waals surface area contributed by atoms with Crippen molar-refractivity contribution in [3.63, 3.8) is 0 Å². The van der Waals surface area contributed by atoms with Gasteiger partial charge in [0.1, 0.15) is 5.75 Å². The predicted molar refractivity (Wildman–Crippen MR) is 97.3 cm³/mol. The zero-order valence-electron chi connectivity index (χ0n) is 14.8. The molecule has 2 aromatic carbocycles. The van der Waals surface area contributed by atoms with Crippen LogP contribution in [0.5, 0.6) is 5.75 Å². The summed E-state index contributed by atoms with van der Waals surface area (Å²) < 4.78 is 9.80. The van der Waals surface area contributed by atoms with E-state index in [-0.39, 0.29) is 31.1 Å². The number of ketones is 1. The number of hydrogen-bond acceptors (Lipinski definition) is 5. The molecule has 0 heterocycles. The van der Waals surface area contributed by atoms with Gasteiger partial charge in [0.05, 0.1) is 7.11 Å². The molecule has 0 aromatic heterocycles. The van der Waals surface area contributed by atoms with Crippen LogP contribution in [0.1, 0.15) is 28.8 Å². The lowest BCUT2D eigenvalue weighted by Gasteiger charge is -2.11. The van der Waals surface area contributed by atoms with Crippen LogP contribution in [0.4, 0.5) is 5.69 Å². The Morgan fingerprint density at radius 1 is 1.00 bits per heavy atom. The largest absolute Gasteiger partial charge is 0.482 e. The zero-order chi connectivity index (χ0) is 18.9. The first-order valence-electron chi connectivity index (χ1n) is 8.18. The van der Waals surface area contributed by atoms with E-state index in [0.29, 0.717) is 17.0 Å². The molecule has 0 unspecified atom stereocenters. The highest BCUT2D eigenvalue weighted by Gasteiger charge is 2.11. The smallest absolute Gasteiger partial charge is 0.343 e. The number of esters is 1. The van der Waals surface area contributed by atoms with E-state index in [4.69, 9.17) is 4.74 Å². The number of carbonyl (C=O) groups is 3. The number of Topliss-reactive ketones (excluding diaryl/α,β-unsaturated/α-hetero) is 1. The lowest BCUT2D eigenvalue weighted by Crippen LogP contribution is -2.15. The van der Waals surface area contributed by atoms with Gasteiger partial charge in [0.25, 0.3) is 0 Å². The van der Waals surface area contributed by atoms with Crippen molar-refractivity contribution >= 4 is 23.3 Å². The minimum Gasteiger partial charge on any atom is -0.482 e. The van der Waals surface area contributed by atoms with Crippen molar-refractivity contribution in [2.24, 2.45) is 0 Å². The Labute approximate surface area is 152 Å². The highest BCUT2D eigenvalue weighted by Crippen LogP contribution is 2.21. The molecular weight excluding hydrogens is 334 g/mol. The molecule has 2 aromatic rings. The molecule has 6 nitrogen and oxygen atoms in total. The molecule has 6 heteroatoms. The summed E-state index contributed by atoms with van der Waals surface area (Å²) in [4.78, 5) is 35.2. The van der Waals surface area contributed by atoms with Crippen LogP contribution in [0.25, 0.3) is 0 Å². The molecule has 136 valence electrons. The maximum Gasteiger partial charge on any atom is 0.343 e. The van der Waals surface area contributed by atoms with E-state index in [1.165, 1.54) is 7.11 Å². The molecule has 0 atom stereocenters. The average molecular weight is 355 g/mol. The second-order valence-corrected chi connectivity index (χ2v) is 5.68. The van der Waals surface area contributed by atoms with Gasteiger partial charge in [-0.05, 0) is 30.7 Å². The number of methoxy groups -OCH3 is 1. The van der Waals surface area contributed by atoms with E-state index in [1.807, 2.05) is 13.0 Å². The van der Waals surface area contributed by atoms with Crippen LogP contribution < -0.4 is 10.1 Å². The number of ether oxygens (including phenoxy) is 2. The molecule has 0 bridgehead atoms. The fourth-order valence-electron chi connectivity index (χ4n) is 2.28. The quantitative estimate of drug-likeness (QED) is 0.581. The summed E-state index contributed by atoms with van der Waals surface area (Å²) in [6, 6.07) is 14.0. The van der Waals surface area contributed by atoms with Gasteiger partial charge in [0.2, 0.25) is 5.91 Å². The van der Waals surface area contributed by atoms with Crippen molar-refractivity contribution in [3.8, 4) is 5.75 Å². The maximum atomic E-state index is 12.1. The van der Waals surface area contributed by atoms with Gasteiger partial charge in [0, 0.05) is 24.1 Å². The minimum atomic E-state index is -0.469. The molecule has 0 aliphatic rings. The third-order valence-corrected chi connectivity index (χ3v) is 3.73. The summed E-state index contributed by atoms with van der Waals surface area (Å²) in [5.74, 6) is -0.266. The molecule has 0 aliphatic carbocycles. The summed E-state index contributed by atoms with van der Waals surface area (Å²) >= 11 is 0. The average Bonchev–Trinajstić information content (AvgIpc) is 2.66. The number of carbonyl (C=O) groups excluding carboxylic acids is 3. The van der Waals surface area contributed by atoms with E-state index in [0.717, 1.165) is 5.56 Å². The molecule has 2 rings (SSSR count). The molecular formula is C20H21NO5. The van der Waals surface area contributed by atoms with Crippen molar-refractivity contribution in [2.75, 3.05) is 19.0 Å². The van der Waals surface area contributed by atoms with Gasteiger partial charge in [-0.2, -0.15) is 0 Å². The van der Waals surface area contributed by atoms with Crippen LogP contribution in [-0.4, -0.2) is 31.4 Å². The van der Waals surface area contributed by atoms with Crippen LogP contribution >= 0.6 is 0 Å². The predicted octanol–water partition coefficient (Wildman–Crippen LogP) is 3.15. The lowest BCUT2D eigenvalue weighted by atomic mass is 10.1. The van der Waals surface area contributed by atoms with Crippen LogP contribution in [0.15, 0.2) is 48.5 Å². The summed E-state index contributed by atoms with van der Waals surface area (Å²) in [6.45, 7) is 1.64. The maximum absolute atomic E-state index is 12.1. The van der Waals surface area contributed by atoms with Crippen molar-refractivity contribution in [1.29, 1.82) is 0 Å². The topological polar surface area (TPSA) is 81.7 Å². The van der Waals surface area contributed by atoms with Gasteiger partial charge in [-0.3, -0.25) is 9.59 Å². The van der Waals surface area contributed by atoms with E-state index in [9.17, 15) is 14.4 Å². The highest BCUT2D eigenvalue weighted by molar-refractivity contribution is 6.00. The number of benzene rings is 2. The molecule has 0 spiro atoms. The number of amides is 1. The Kier molecular flexibility index (Phi) is 6.91. The Morgan fingerprint density at radius 2 is 1.73 bits per heavy atom. The van der Waals surface area contributed by atoms with Gasteiger partial charge in [-0.1, -0.05) is 30.3 Å². The summed E-state index contributed by atoms with van der Waals surface area (Å²) in [7, 11) is 1.29. The number of aryl methyl sites for hydroxylation is 1. The zero-order valence-corrected chi connectivity index (χ0v) is 14.8. The second kappa shape index (κ2) is 9.36. The van der Waals surface area contributed by atoms with E-state index in [2.05, 4.69) is 10.1 Å². The third-order valence-electron chi connectivity index (χ3n) is 3.73.